The van der Waals surface area contributed by atoms with Gasteiger partial charge in [-0.25, -0.2) is 0 Å². The SMILES string of the molecule is CC(=O)N(C)CC#CCN1CCC(CO)C1. The van der Waals surface area contributed by atoms with Gasteiger partial charge in [0.1, 0.15) is 0 Å². The summed E-state index contributed by atoms with van der Waals surface area (Å²) in [4.78, 5) is 14.7. The first-order valence-electron chi connectivity index (χ1n) is 5.64. The molecule has 1 amide bonds. The molecule has 90 valence electrons. The average Bonchev–Trinajstić information content (AvgIpc) is 2.71. The minimum atomic E-state index is 0.0378. The van der Waals surface area contributed by atoms with Gasteiger partial charge in [0.2, 0.25) is 5.91 Å². The molecule has 1 fully saturated rings. The van der Waals surface area contributed by atoms with Crippen LogP contribution in [-0.4, -0.2) is 60.6 Å². The van der Waals surface area contributed by atoms with Crippen molar-refractivity contribution in [2.24, 2.45) is 5.92 Å². The summed E-state index contributed by atoms with van der Waals surface area (Å²) in [5, 5.41) is 8.98. The van der Waals surface area contributed by atoms with Crippen LogP contribution in [0.1, 0.15) is 13.3 Å². The Morgan fingerprint density at radius 3 is 2.88 bits per heavy atom. The van der Waals surface area contributed by atoms with E-state index in [-0.39, 0.29) is 12.5 Å². The monoisotopic (exact) mass is 224 g/mol. The second-order valence-corrected chi connectivity index (χ2v) is 4.30. The van der Waals surface area contributed by atoms with Crippen LogP contribution in [0.2, 0.25) is 0 Å². The van der Waals surface area contributed by atoms with Crippen LogP contribution in [0.5, 0.6) is 0 Å². The fraction of sp³-hybridized carbons (Fsp3) is 0.750. The van der Waals surface area contributed by atoms with Crippen LogP contribution >= 0.6 is 0 Å². The van der Waals surface area contributed by atoms with E-state index < -0.39 is 0 Å². The third kappa shape index (κ3) is 4.21. The Bertz CT molecular complexity index is 293. The van der Waals surface area contributed by atoms with Crippen molar-refractivity contribution in [1.29, 1.82) is 0 Å². The number of carbonyl (C=O) groups excluding carboxylic acids is 1. The molecule has 0 aromatic carbocycles. The van der Waals surface area contributed by atoms with E-state index in [2.05, 4.69) is 16.7 Å². The number of carbonyl (C=O) groups is 1. The van der Waals surface area contributed by atoms with Crippen LogP contribution in [-0.2, 0) is 4.79 Å². The Labute approximate surface area is 97.2 Å². The molecule has 1 aliphatic rings. The third-order valence-electron chi connectivity index (χ3n) is 2.91. The molecule has 0 radical (unpaired) electrons. The molecule has 0 bridgehead atoms. The van der Waals surface area contributed by atoms with E-state index in [0.717, 1.165) is 26.1 Å². The summed E-state index contributed by atoms with van der Waals surface area (Å²) >= 11 is 0. The van der Waals surface area contributed by atoms with E-state index in [1.165, 1.54) is 6.92 Å². The second-order valence-electron chi connectivity index (χ2n) is 4.30. The van der Waals surface area contributed by atoms with Gasteiger partial charge in [-0.2, -0.15) is 0 Å². The standard InChI is InChI=1S/C12H20N2O2/c1-11(16)13(2)6-3-4-7-14-8-5-12(9-14)10-15/h12,15H,5-10H2,1-2H3. The van der Waals surface area contributed by atoms with Crippen LogP contribution in [0.25, 0.3) is 0 Å². The Morgan fingerprint density at radius 1 is 1.56 bits per heavy atom. The predicted octanol–water partition coefficient (Wildman–Crippen LogP) is -0.218. The van der Waals surface area contributed by atoms with Gasteiger partial charge in [-0.05, 0) is 18.9 Å². The molecular weight excluding hydrogens is 204 g/mol. The van der Waals surface area contributed by atoms with Crippen molar-refractivity contribution >= 4 is 5.91 Å². The molecule has 1 N–H and O–H groups in total. The normalized spacial score (nSPS) is 20.3. The first-order valence-corrected chi connectivity index (χ1v) is 5.64. The number of nitrogens with zero attached hydrogens (tertiary/aromatic N) is 2. The fourth-order valence-corrected chi connectivity index (χ4v) is 1.66. The summed E-state index contributed by atoms with van der Waals surface area (Å²) < 4.78 is 0. The lowest BCUT2D eigenvalue weighted by molar-refractivity contribution is -0.126. The van der Waals surface area contributed by atoms with Gasteiger partial charge in [0, 0.05) is 27.1 Å². The van der Waals surface area contributed by atoms with E-state index in [9.17, 15) is 4.79 Å². The first kappa shape index (κ1) is 13.0. The van der Waals surface area contributed by atoms with Crippen molar-refractivity contribution < 1.29 is 9.90 Å². The molecule has 0 aromatic heterocycles. The van der Waals surface area contributed by atoms with Crippen LogP contribution in [0, 0.1) is 17.8 Å². The first-order chi connectivity index (χ1) is 7.63. The maximum Gasteiger partial charge on any atom is 0.219 e. The summed E-state index contributed by atoms with van der Waals surface area (Å²) in [5.74, 6) is 6.49. The largest absolute Gasteiger partial charge is 0.396 e. The lowest BCUT2D eigenvalue weighted by Gasteiger charge is -2.11. The molecule has 1 atom stereocenters. The van der Waals surface area contributed by atoms with E-state index in [0.29, 0.717) is 12.5 Å². The maximum atomic E-state index is 10.9. The van der Waals surface area contributed by atoms with Crippen molar-refractivity contribution in [3.05, 3.63) is 0 Å². The molecule has 1 aliphatic heterocycles. The van der Waals surface area contributed by atoms with Crippen molar-refractivity contribution in [1.82, 2.24) is 9.80 Å². The van der Waals surface area contributed by atoms with Crippen molar-refractivity contribution in [2.75, 3.05) is 39.8 Å². The Kier molecular flexibility index (Phi) is 5.30. The zero-order chi connectivity index (χ0) is 12.0. The highest BCUT2D eigenvalue weighted by Crippen LogP contribution is 2.13. The van der Waals surface area contributed by atoms with Gasteiger partial charge in [-0.3, -0.25) is 9.69 Å². The average molecular weight is 224 g/mol. The van der Waals surface area contributed by atoms with Crippen LogP contribution in [0.4, 0.5) is 0 Å². The molecule has 0 aromatic rings. The van der Waals surface area contributed by atoms with E-state index >= 15 is 0 Å². The quantitative estimate of drug-likeness (QED) is 0.674. The summed E-state index contributed by atoms with van der Waals surface area (Å²) in [6.45, 7) is 5.00. The molecule has 0 aliphatic carbocycles. The zero-order valence-electron chi connectivity index (χ0n) is 10.1. The van der Waals surface area contributed by atoms with Crippen molar-refractivity contribution in [3.8, 4) is 11.8 Å². The molecule has 1 saturated heterocycles. The molecule has 4 nitrogen and oxygen atoms in total. The number of rotatable bonds is 3. The number of hydrogen-bond acceptors (Lipinski definition) is 3. The Balaban J connectivity index is 2.20. The molecular formula is C12H20N2O2. The minimum absolute atomic E-state index is 0.0378. The summed E-state index contributed by atoms with van der Waals surface area (Å²) in [5.41, 5.74) is 0. The highest BCUT2D eigenvalue weighted by molar-refractivity contribution is 5.73. The Hall–Kier alpha value is -1.05. The van der Waals surface area contributed by atoms with E-state index in [1.807, 2.05) is 0 Å². The van der Waals surface area contributed by atoms with Crippen molar-refractivity contribution in [3.63, 3.8) is 0 Å². The van der Waals surface area contributed by atoms with Gasteiger partial charge >= 0.3 is 0 Å². The number of likely N-dealkylation sites (tertiary alicyclic amines) is 1. The van der Waals surface area contributed by atoms with Crippen molar-refractivity contribution in [2.45, 2.75) is 13.3 Å². The second kappa shape index (κ2) is 6.51. The lowest BCUT2D eigenvalue weighted by Crippen LogP contribution is -2.24. The predicted molar refractivity (Wildman–Crippen MR) is 62.7 cm³/mol. The van der Waals surface area contributed by atoms with Gasteiger partial charge in [-0.15, -0.1) is 0 Å². The molecule has 1 rings (SSSR count). The van der Waals surface area contributed by atoms with Gasteiger partial charge in [0.15, 0.2) is 0 Å². The summed E-state index contributed by atoms with van der Waals surface area (Å²) in [6.07, 6.45) is 1.06. The van der Waals surface area contributed by atoms with Crippen LogP contribution in [0.15, 0.2) is 0 Å². The number of aliphatic hydroxyl groups excluding tert-OH is 1. The van der Waals surface area contributed by atoms with E-state index in [1.54, 1.807) is 11.9 Å². The fourth-order valence-electron chi connectivity index (χ4n) is 1.66. The van der Waals surface area contributed by atoms with Crippen LogP contribution in [0.3, 0.4) is 0 Å². The Morgan fingerprint density at radius 2 is 2.31 bits per heavy atom. The van der Waals surface area contributed by atoms with Gasteiger partial charge in [-0.1, -0.05) is 11.8 Å². The maximum absolute atomic E-state index is 10.9. The molecule has 16 heavy (non-hydrogen) atoms. The minimum Gasteiger partial charge on any atom is -0.396 e. The molecule has 0 saturated carbocycles. The van der Waals surface area contributed by atoms with E-state index in [4.69, 9.17) is 5.11 Å². The lowest BCUT2D eigenvalue weighted by atomic mass is 10.1. The highest BCUT2D eigenvalue weighted by Gasteiger charge is 2.20. The highest BCUT2D eigenvalue weighted by atomic mass is 16.3. The summed E-state index contributed by atoms with van der Waals surface area (Å²) in [7, 11) is 1.74. The smallest absolute Gasteiger partial charge is 0.219 e. The van der Waals surface area contributed by atoms with Gasteiger partial charge in [0.25, 0.3) is 0 Å². The molecule has 0 spiro atoms. The number of hydrogen-bond donors (Lipinski definition) is 1. The molecule has 1 unspecified atom stereocenters. The molecule has 4 heteroatoms. The summed E-state index contributed by atoms with van der Waals surface area (Å²) in [6, 6.07) is 0. The van der Waals surface area contributed by atoms with Gasteiger partial charge in [0.05, 0.1) is 13.1 Å². The third-order valence-corrected chi connectivity index (χ3v) is 2.91. The number of amides is 1. The topological polar surface area (TPSA) is 43.8 Å². The van der Waals surface area contributed by atoms with Gasteiger partial charge < -0.3 is 10.0 Å². The zero-order valence-corrected chi connectivity index (χ0v) is 10.1. The number of aliphatic hydroxyl groups is 1. The molecule has 1 heterocycles. The van der Waals surface area contributed by atoms with Crippen LogP contribution < -0.4 is 0 Å².